The van der Waals surface area contributed by atoms with Crippen molar-refractivity contribution in [1.29, 1.82) is 0 Å². The van der Waals surface area contributed by atoms with Gasteiger partial charge in [-0.2, -0.15) is 0 Å². The van der Waals surface area contributed by atoms with E-state index in [0.717, 1.165) is 37.5 Å². The highest BCUT2D eigenvalue weighted by atomic mass is 35.5. The summed E-state index contributed by atoms with van der Waals surface area (Å²) in [4.78, 5) is 0. The number of halogens is 1. The summed E-state index contributed by atoms with van der Waals surface area (Å²) < 4.78 is 12.7. The number of thiophene rings is 1. The van der Waals surface area contributed by atoms with Crippen LogP contribution in [0.15, 0.2) is 41.8 Å². The normalized spacial score (nSPS) is 22.1. The first-order valence-corrected chi connectivity index (χ1v) is 11.2. The molecule has 3 aromatic rings. The molecule has 29 heavy (non-hydrogen) atoms. The van der Waals surface area contributed by atoms with Gasteiger partial charge in [0.15, 0.2) is 0 Å². The molecule has 1 aromatic heterocycles. The molecule has 0 saturated carbocycles. The highest BCUT2D eigenvalue weighted by molar-refractivity contribution is 7.17. The Hall–Kier alpha value is -1.63. The second kappa shape index (κ2) is 9.02. The Labute approximate surface area is 179 Å². The monoisotopic (exact) mass is 432 g/mol. The van der Waals surface area contributed by atoms with E-state index in [1.807, 2.05) is 30.5 Å². The van der Waals surface area contributed by atoms with Crippen molar-refractivity contribution in [3.05, 3.63) is 63.5 Å². The summed E-state index contributed by atoms with van der Waals surface area (Å²) in [6.07, 6.45) is 0.604. The van der Waals surface area contributed by atoms with Crippen molar-refractivity contribution < 1.29 is 19.7 Å². The zero-order valence-electron chi connectivity index (χ0n) is 16.3. The molecule has 1 aliphatic heterocycles. The van der Waals surface area contributed by atoms with Crippen molar-refractivity contribution in [2.24, 2.45) is 0 Å². The Morgan fingerprint density at radius 1 is 1.21 bits per heavy atom. The number of rotatable bonds is 6. The summed E-state index contributed by atoms with van der Waals surface area (Å²) in [5.41, 5.74) is 3.21. The molecular weight excluding hydrogens is 408 g/mol. The van der Waals surface area contributed by atoms with Crippen LogP contribution < -0.4 is 4.74 Å². The topological polar surface area (TPSA) is 58.9 Å². The molecule has 0 spiro atoms. The quantitative estimate of drug-likeness (QED) is 0.567. The van der Waals surface area contributed by atoms with Crippen LogP contribution in [-0.4, -0.2) is 35.6 Å². The Balaban J connectivity index is 1.69. The second-order valence-electron chi connectivity index (χ2n) is 7.41. The highest BCUT2D eigenvalue weighted by Crippen LogP contribution is 2.42. The number of benzene rings is 2. The van der Waals surface area contributed by atoms with Gasteiger partial charge < -0.3 is 19.7 Å². The zero-order chi connectivity index (χ0) is 20.4. The van der Waals surface area contributed by atoms with Crippen LogP contribution in [-0.2, 0) is 11.2 Å². The van der Waals surface area contributed by atoms with E-state index < -0.39 is 6.10 Å². The standard InChI is InChI=1S/C23H25ClO4S/c1-2-27-17-5-3-14(4-6-17)9-15-10-20(23-19(22(15)24)7-8-29-23)21-12-16(26)11-18(13-25)28-21/h3-8,10,16,18,21,25-26H,2,9,11-13H2,1H3. The first-order valence-electron chi connectivity index (χ1n) is 9.93. The first-order chi connectivity index (χ1) is 14.1. The predicted molar refractivity (Wildman–Crippen MR) is 117 cm³/mol. The second-order valence-corrected chi connectivity index (χ2v) is 8.70. The molecule has 1 fully saturated rings. The third-order valence-corrected chi connectivity index (χ3v) is 6.74. The molecular formula is C23H25ClO4S. The summed E-state index contributed by atoms with van der Waals surface area (Å²) in [7, 11) is 0. The molecule has 0 aliphatic carbocycles. The molecule has 4 nitrogen and oxygen atoms in total. The summed E-state index contributed by atoms with van der Waals surface area (Å²) in [6, 6.07) is 12.2. The van der Waals surface area contributed by atoms with Gasteiger partial charge in [-0.25, -0.2) is 0 Å². The van der Waals surface area contributed by atoms with Gasteiger partial charge in [0.05, 0.1) is 36.5 Å². The van der Waals surface area contributed by atoms with Crippen molar-refractivity contribution in [3.63, 3.8) is 0 Å². The van der Waals surface area contributed by atoms with E-state index in [-0.39, 0.29) is 18.8 Å². The van der Waals surface area contributed by atoms with Crippen molar-refractivity contribution >= 4 is 33.0 Å². The zero-order valence-corrected chi connectivity index (χ0v) is 17.9. The largest absolute Gasteiger partial charge is 0.494 e. The molecule has 0 radical (unpaired) electrons. The van der Waals surface area contributed by atoms with Crippen molar-refractivity contribution in [2.75, 3.05) is 13.2 Å². The fourth-order valence-corrected chi connectivity index (χ4v) is 5.26. The molecule has 2 aromatic carbocycles. The minimum Gasteiger partial charge on any atom is -0.494 e. The molecule has 2 N–H and O–H groups in total. The van der Waals surface area contributed by atoms with Gasteiger partial charge in [-0.1, -0.05) is 23.7 Å². The number of aliphatic hydroxyl groups excluding tert-OH is 2. The third kappa shape index (κ3) is 4.44. The molecule has 1 aliphatic rings. The lowest BCUT2D eigenvalue weighted by atomic mass is 9.93. The van der Waals surface area contributed by atoms with Crippen molar-refractivity contribution in [2.45, 2.75) is 44.5 Å². The number of aliphatic hydroxyl groups is 2. The van der Waals surface area contributed by atoms with Gasteiger partial charge >= 0.3 is 0 Å². The van der Waals surface area contributed by atoms with E-state index in [1.54, 1.807) is 11.3 Å². The highest BCUT2D eigenvalue weighted by Gasteiger charge is 2.31. The van der Waals surface area contributed by atoms with Crippen LogP contribution in [0.1, 0.15) is 42.6 Å². The summed E-state index contributed by atoms with van der Waals surface area (Å²) >= 11 is 8.39. The SMILES string of the molecule is CCOc1ccc(Cc2cc(C3CC(O)CC(CO)O3)c3sccc3c2Cl)cc1. The van der Waals surface area contributed by atoms with Gasteiger partial charge in [0, 0.05) is 22.9 Å². The maximum absolute atomic E-state index is 10.3. The lowest BCUT2D eigenvalue weighted by Gasteiger charge is -2.33. The smallest absolute Gasteiger partial charge is 0.119 e. The van der Waals surface area contributed by atoms with E-state index >= 15 is 0 Å². The van der Waals surface area contributed by atoms with Crippen LogP contribution in [0.5, 0.6) is 5.75 Å². The van der Waals surface area contributed by atoms with Crippen LogP contribution in [0.4, 0.5) is 0 Å². The Morgan fingerprint density at radius 3 is 2.72 bits per heavy atom. The summed E-state index contributed by atoms with van der Waals surface area (Å²) in [5.74, 6) is 0.857. The number of hydrogen-bond acceptors (Lipinski definition) is 5. The van der Waals surface area contributed by atoms with Gasteiger partial charge in [0.1, 0.15) is 5.75 Å². The van der Waals surface area contributed by atoms with Crippen LogP contribution in [0.3, 0.4) is 0 Å². The molecule has 0 bridgehead atoms. The Kier molecular flexibility index (Phi) is 6.42. The fourth-order valence-electron chi connectivity index (χ4n) is 3.96. The van der Waals surface area contributed by atoms with E-state index in [4.69, 9.17) is 21.1 Å². The molecule has 3 unspecified atom stereocenters. The van der Waals surface area contributed by atoms with Gasteiger partial charge in [-0.3, -0.25) is 0 Å². The molecule has 1 saturated heterocycles. The minimum atomic E-state index is -0.480. The molecule has 154 valence electrons. The van der Waals surface area contributed by atoms with Crippen LogP contribution in [0, 0.1) is 0 Å². The Bertz CT molecular complexity index is 969. The maximum atomic E-state index is 10.3. The summed E-state index contributed by atoms with van der Waals surface area (Å²) in [6.45, 7) is 2.52. The lowest BCUT2D eigenvalue weighted by molar-refractivity contribution is -0.113. The fraction of sp³-hybridized carbons (Fsp3) is 0.391. The predicted octanol–water partition coefficient (Wildman–Crippen LogP) is 5.12. The number of fused-ring (bicyclic) bond motifs is 1. The van der Waals surface area contributed by atoms with Crippen LogP contribution in [0.25, 0.3) is 10.1 Å². The van der Waals surface area contributed by atoms with Crippen molar-refractivity contribution in [1.82, 2.24) is 0 Å². The van der Waals surface area contributed by atoms with E-state index in [9.17, 15) is 10.2 Å². The Morgan fingerprint density at radius 2 is 2.00 bits per heavy atom. The van der Waals surface area contributed by atoms with E-state index in [0.29, 0.717) is 25.9 Å². The van der Waals surface area contributed by atoms with Gasteiger partial charge in [0.25, 0.3) is 0 Å². The van der Waals surface area contributed by atoms with Crippen LogP contribution >= 0.6 is 22.9 Å². The van der Waals surface area contributed by atoms with E-state index in [1.165, 1.54) is 0 Å². The average Bonchev–Trinajstić information content (AvgIpc) is 3.21. The van der Waals surface area contributed by atoms with Gasteiger partial charge in [-0.05, 0) is 59.7 Å². The maximum Gasteiger partial charge on any atom is 0.119 e. The van der Waals surface area contributed by atoms with Gasteiger partial charge in [0.2, 0.25) is 0 Å². The average molecular weight is 433 g/mol. The number of ether oxygens (including phenoxy) is 2. The molecule has 2 heterocycles. The van der Waals surface area contributed by atoms with Gasteiger partial charge in [-0.15, -0.1) is 11.3 Å². The molecule has 0 amide bonds. The molecule has 6 heteroatoms. The van der Waals surface area contributed by atoms with Crippen LogP contribution in [0.2, 0.25) is 5.02 Å². The lowest BCUT2D eigenvalue weighted by Crippen LogP contribution is -2.33. The minimum absolute atomic E-state index is 0.0895. The first kappa shape index (κ1) is 20.6. The number of hydrogen-bond donors (Lipinski definition) is 2. The third-order valence-electron chi connectivity index (χ3n) is 5.33. The molecule has 3 atom stereocenters. The molecule has 4 rings (SSSR count). The van der Waals surface area contributed by atoms with Crippen molar-refractivity contribution in [3.8, 4) is 5.75 Å². The van der Waals surface area contributed by atoms with E-state index in [2.05, 4.69) is 18.2 Å². The summed E-state index contributed by atoms with van der Waals surface area (Å²) in [5, 5.41) is 23.6.